The highest BCUT2D eigenvalue weighted by Gasteiger charge is 2.45. The van der Waals surface area contributed by atoms with Crippen molar-refractivity contribution >= 4 is 0 Å². The molecule has 2 heteroatoms. The van der Waals surface area contributed by atoms with Crippen molar-refractivity contribution in [2.75, 3.05) is 13.1 Å². The molecule has 0 spiro atoms. The Hall–Kier alpha value is -0.0800. The summed E-state index contributed by atoms with van der Waals surface area (Å²) < 4.78 is 0. The molecule has 0 saturated heterocycles. The highest BCUT2D eigenvalue weighted by Crippen LogP contribution is 2.41. The lowest BCUT2D eigenvalue weighted by molar-refractivity contribution is -0.0538. The minimum absolute atomic E-state index is 0.0814. The summed E-state index contributed by atoms with van der Waals surface area (Å²) in [6.45, 7) is 11.0. The van der Waals surface area contributed by atoms with Gasteiger partial charge in [-0.2, -0.15) is 0 Å². The van der Waals surface area contributed by atoms with Crippen LogP contribution in [0.4, 0.5) is 0 Å². The minimum Gasteiger partial charge on any atom is -0.391 e. The third kappa shape index (κ3) is 3.03. The third-order valence-corrected chi connectivity index (χ3v) is 4.70. The van der Waals surface area contributed by atoms with E-state index in [-0.39, 0.29) is 11.6 Å². The fraction of sp³-hybridized carbons (Fsp3) is 1.00. The van der Waals surface area contributed by atoms with Crippen LogP contribution in [-0.4, -0.2) is 34.7 Å². The van der Waals surface area contributed by atoms with Gasteiger partial charge in [0.1, 0.15) is 0 Å². The molecule has 1 aliphatic carbocycles. The zero-order chi connectivity index (χ0) is 12.9. The Labute approximate surface area is 107 Å². The summed E-state index contributed by atoms with van der Waals surface area (Å²) in [5, 5.41) is 10.8. The Balaban J connectivity index is 2.82. The van der Waals surface area contributed by atoms with Gasteiger partial charge >= 0.3 is 0 Å². The largest absolute Gasteiger partial charge is 0.391 e. The van der Waals surface area contributed by atoms with E-state index in [0.717, 1.165) is 19.5 Å². The van der Waals surface area contributed by atoms with Gasteiger partial charge in [0, 0.05) is 5.54 Å². The first kappa shape index (κ1) is 15.0. The topological polar surface area (TPSA) is 23.5 Å². The van der Waals surface area contributed by atoms with Gasteiger partial charge < -0.3 is 5.11 Å². The first-order chi connectivity index (χ1) is 8.12. The van der Waals surface area contributed by atoms with Crippen molar-refractivity contribution in [3.8, 4) is 0 Å². The highest BCUT2D eigenvalue weighted by atomic mass is 16.3. The maximum Gasteiger partial charge on any atom is 0.0749 e. The van der Waals surface area contributed by atoms with Crippen molar-refractivity contribution in [3.63, 3.8) is 0 Å². The van der Waals surface area contributed by atoms with Crippen LogP contribution in [0, 0.1) is 5.92 Å². The van der Waals surface area contributed by atoms with Crippen LogP contribution in [0.5, 0.6) is 0 Å². The molecule has 102 valence electrons. The van der Waals surface area contributed by atoms with Crippen LogP contribution in [-0.2, 0) is 0 Å². The van der Waals surface area contributed by atoms with E-state index in [1.54, 1.807) is 0 Å². The molecule has 0 aliphatic heterocycles. The smallest absolute Gasteiger partial charge is 0.0749 e. The monoisotopic (exact) mass is 241 g/mol. The number of hydrogen-bond acceptors (Lipinski definition) is 2. The van der Waals surface area contributed by atoms with E-state index < -0.39 is 0 Å². The van der Waals surface area contributed by atoms with E-state index in [9.17, 15) is 5.11 Å². The Morgan fingerprint density at radius 2 is 1.65 bits per heavy atom. The summed E-state index contributed by atoms with van der Waals surface area (Å²) in [5.74, 6) is 0.429. The number of aliphatic hydroxyl groups excluding tert-OH is 1. The van der Waals surface area contributed by atoms with Crippen molar-refractivity contribution < 1.29 is 5.11 Å². The molecule has 0 radical (unpaired) electrons. The predicted octanol–water partition coefficient (Wildman–Crippen LogP) is 3.44. The molecule has 0 amide bonds. The molecule has 0 aromatic heterocycles. The normalized spacial score (nSPS) is 22.9. The van der Waals surface area contributed by atoms with Gasteiger partial charge in [-0.1, -0.05) is 47.0 Å². The zero-order valence-electron chi connectivity index (χ0n) is 12.2. The Morgan fingerprint density at radius 1 is 1.12 bits per heavy atom. The van der Waals surface area contributed by atoms with Crippen molar-refractivity contribution in [1.82, 2.24) is 4.90 Å². The van der Waals surface area contributed by atoms with Gasteiger partial charge in [0.05, 0.1) is 6.10 Å². The average molecular weight is 241 g/mol. The molecule has 2 unspecified atom stereocenters. The van der Waals surface area contributed by atoms with Crippen molar-refractivity contribution in [3.05, 3.63) is 0 Å². The van der Waals surface area contributed by atoms with E-state index in [2.05, 4.69) is 32.6 Å². The fourth-order valence-corrected chi connectivity index (χ4v) is 3.78. The third-order valence-electron chi connectivity index (χ3n) is 4.70. The second-order valence-corrected chi connectivity index (χ2v) is 5.69. The van der Waals surface area contributed by atoms with E-state index in [0.29, 0.717) is 5.92 Å². The van der Waals surface area contributed by atoms with Gasteiger partial charge in [0.15, 0.2) is 0 Å². The number of rotatable bonds is 7. The second-order valence-electron chi connectivity index (χ2n) is 5.69. The lowest BCUT2D eigenvalue weighted by Gasteiger charge is -2.46. The first-order valence-electron chi connectivity index (χ1n) is 7.55. The molecule has 0 bridgehead atoms. The van der Waals surface area contributed by atoms with Gasteiger partial charge in [0.2, 0.25) is 0 Å². The molecule has 0 aromatic rings. The zero-order valence-corrected chi connectivity index (χ0v) is 12.2. The van der Waals surface area contributed by atoms with Crippen LogP contribution in [0.15, 0.2) is 0 Å². The van der Waals surface area contributed by atoms with Crippen LogP contribution >= 0.6 is 0 Å². The number of likely N-dealkylation sites (N-methyl/N-ethyl adjacent to an activating group) is 1. The second kappa shape index (κ2) is 6.75. The van der Waals surface area contributed by atoms with Gasteiger partial charge in [0.25, 0.3) is 0 Å². The summed E-state index contributed by atoms with van der Waals surface area (Å²) in [6, 6.07) is 0. The molecule has 1 rings (SSSR count). The molecule has 17 heavy (non-hydrogen) atoms. The maximum absolute atomic E-state index is 10.8. The Morgan fingerprint density at radius 3 is 2.06 bits per heavy atom. The number of nitrogens with zero attached hydrogens (tertiary/aromatic N) is 1. The van der Waals surface area contributed by atoms with Crippen LogP contribution in [0.2, 0.25) is 0 Å². The SMILES string of the molecule is CCCC(C)C(O)C1(N(CC)CC)CCCC1. The first-order valence-corrected chi connectivity index (χ1v) is 7.55. The van der Waals surface area contributed by atoms with Gasteiger partial charge in [-0.15, -0.1) is 0 Å². The van der Waals surface area contributed by atoms with Crippen molar-refractivity contribution in [2.45, 2.75) is 77.9 Å². The Bertz CT molecular complexity index is 207. The van der Waals surface area contributed by atoms with Crippen LogP contribution < -0.4 is 0 Å². The molecular weight excluding hydrogens is 210 g/mol. The molecule has 0 aromatic carbocycles. The molecule has 1 aliphatic rings. The van der Waals surface area contributed by atoms with Crippen LogP contribution in [0.25, 0.3) is 0 Å². The van der Waals surface area contributed by atoms with E-state index in [1.807, 2.05) is 0 Å². The summed E-state index contributed by atoms with van der Waals surface area (Å²) >= 11 is 0. The van der Waals surface area contributed by atoms with Crippen LogP contribution in [0.1, 0.15) is 66.2 Å². The summed E-state index contributed by atoms with van der Waals surface area (Å²) in [6.07, 6.45) is 7.11. The average Bonchev–Trinajstić information content (AvgIpc) is 2.80. The summed E-state index contributed by atoms with van der Waals surface area (Å²) in [5.41, 5.74) is 0.0814. The molecule has 0 heterocycles. The van der Waals surface area contributed by atoms with E-state index in [4.69, 9.17) is 0 Å². The standard InChI is InChI=1S/C15H31NO/c1-5-10-13(4)14(17)15(11-8-9-12-15)16(6-2)7-3/h13-14,17H,5-12H2,1-4H3. The van der Waals surface area contributed by atoms with Crippen molar-refractivity contribution in [1.29, 1.82) is 0 Å². The molecule has 2 atom stereocenters. The van der Waals surface area contributed by atoms with Crippen LogP contribution in [0.3, 0.4) is 0 Å². The highest BCUT2D eigenvalue weighted by molar-refractivity contribution is 5.01. The number of hydrogen-bond donors (Lipinski definition) is 1. The lowest BCUT2D eigenvalue weighted by Crippen LogP contribution is -2.57. The van der Waals surface area contributed by atoms with E-state index in [1.165, 1.54) is 32.1 Å². The fourth-order valence-electron chi connectivity index (χ4n) is 3.78. The van der Waals surface area contributed by atoms with Crippen molar-refractivity contribution in [2.24, 2.45) is 5.92 Å². The quantitative estimate of drug-likeness (QED) is 0.738. The summed E-state index contributed by atoms with van der Waals surface area (Å²) in [7, 11) is 0. The Kier molecular flexibility index (Phi) is 5.94. The minimum atomic E-state index is -0.148. The maximum atomic E-state index is 10.8. The molecular formula is C15H31NO. The predicted molar refractivity (Wildman–Crippen MR) is 74.2 cm³/mol. The van der Waals surface area contributed by atoms with Gasteiger partial charge in [-0.3, -0.25) is 4.90 Å². The summed E-state index contributed by atoms with van der Waals surface area (Å²) in [4.78, 5) is 2.51. The molecule has 1 N–H and O–H groups in total. The lowest BCUT2D eigenvalue weighted by atomic mass is 9.80. The van der Waals surface area contributed by atoms with Gasteiger partial charge in [-0.05, 0) is 38.3 Å². The van der Waals surface area contributed by atoms with Gasteiger partial charge in [-0.25, -0.2) is 0 Å². The van der Waals surface area contributed by atoms with E-state index >= 15 is 0 Å². The number of aliphatic hydroxyl groups is 1. The molecule has 2 nitrogen and oxygen atoms in total. The molecule has 1 fully saturated rings. The molecule has 1 saturated carbocycles.